The number of carbonyl (C=O) groups excluding carboxylic acids is 4. The standard InChI is InChI=1S/C22H21NO7/c1-4-30-16-11-7-14(8-12-16)18(24)17-19(25)20(26)23(22(17,28)21(27)29-3)15-9-5-13(2)6-10-15/h5-12,17,28H,4H2,1-3H3. The molecule has 1 heterocycles. The van der Waals surface area contributed by atoms with Crippen LogP contribution in [-0.2, 0) is 19.1 Å². The molecule has 156 valence electrons. The summed E-state index contributed by atoms with van der Waals surface area (Å²) in [5, 5.41) is 11.3. The number of carbonyl (C=O) groups is 4. The highest BCUT2D eigenvalue weighted by molar-refractivity contribution is 6.51. The van der Waals surface area contributed by atoms with Gasteiger partial charge in [0.15, 0.2) is 11.7 Å². The number of nitrogens with zero attached hydrogens (tertiary/aromatic N) is 1. The van der Waals surface area contributed by atoms with Crippen LogP contribution in [-0.4, -0.2) is 48.0 Å². The van der Waals surface area contributed by atoms with Crippen LogP contribution in [0.2, 0.25) is 0 Å². The van der Waals surface area contributed by atoms with Gasteiger partial charge in [0.1, 0.15) is 5.75 Å². The van der Waals surface area contributed by atoms with Crippen molar-refractivity contribution in [2.75, 3.05) is 18.6 Å². The highest BCUT2D eigenvalue weighted by atomic mass is 16.5. The van der Waals surface area contributed by atoms with Crippen molar-refractivity contribution in [2.24, 2.45) is 5.92 Å². The third-order valence-electron chi connectivity index (χ3n) is 4.91. The van der Waals surface area contributed by atoms with E-state index in [1.807, 2.05) is 6.92 Å². The second kappa shape index (κ2) is 8.08. The number of amides is 1. The van der Waals surface area contributed by atoms with Gasteiger partial charge in [0.2, 0.25) is 5.78 Å². The molecule has 2 unspecified atom stereocenters. The molecule has 8 nitrogen and oxygen atoms in total. The van der Waals surface area contributed by atoms with Crippen LogP contribution in [0.5, 0.6) is 5.75 Å². The highest BCUT2D eigenvalue weighted by Crippen LogP contribution is 2.39. The third kappa shape index (κ3) is 3.35. The first-order chi connectivity index (χ1) is 14.2. The fourth-order valence-corrected chi connectivity index (χ4v) is 3.42. The summed E-state index contributed by atoms with van der Waals surface area (Å²) in [6.45, 7) is 4.04. The van der Waals surface area contributed by atoms with Crippen molar-refractivity contribution in [1.29, 1.82) is 0 Å². The Labute approximate surface area is 173 Å². The Morgan fingerprint density at radius 2 is 1.67 bits per heavy atom. The van der Waals surface area contributed by atoms with Crippen molar-refractivity contribution in [3.8, 4) is 5.75 Å². The molecule has 1 amide bonds. The van der Waals surface area contributed by atoms with Crippen molar-refractivity contribution in [3.63, 3.8) is 0 Å². The Balaban J connectivity index is 2.09. The zero-order chi connectivity index (χ0) is 22.1. The monoisotopic (exact) mass is 411 g/mol. The number of hydrogen-bond donors (Lipinski definition) is 1. The second-order valence-corrected chi connectivity index (χ2v) is 6.81. The zero-order valence-electron chi connectivity index (χ0n) is 16.7. The van der Waals surface area contributed by atoms with Gasteiger partial charge in [-0.3, -0.25) is 19.3 Å². The number of rotatable bonds is 6. The summed E-state index contributed by atoms with van der Waals surface area (Å²) in [4.78, 5) is 51.8. The van der Waals surface area contributed by atoms with Crippen molar-refractivity contribution < 1.29 is 33.8 Å². The molecule has 3 rings (SSSR count). The molecule has 1 saturated heterocycles. The van der Waals surface area contributed by atoms with Gasteiger partial charge in [-0.25, -0.2) is 4.79 Å². The van der Waals surface area contributed by atoms with Crippen LogP contribution in [0.3, 0.4) is 0 Å². The number of ether oxygens (including phenoxy) is 2. The summed E-state index contributed by atoms with van der Waals surface area (Å²) in [5.74, 6) is -5.99. The molecule has 0 bridgehead atoms. The number of Topliss-reactive ketones (excluding diaryl/α,β-unsaturated/α-hetero) is 2. The minimum Gasteiger partial charge on any atom is -0.494 e. The van der Waals surface area contributed by atoms with Gasteiger partial charge >= 0.3 is 5.97 Å². The summed E-state index contributed by atoms with van der Waals surface area (Å²) < 4.78 is 9.99. The third-order valence-corrected chi connectivity index (χ3v) is 4.91. The van der Waals surface area contributed by atoms with Crippen molar-refractivity contribution in [1.82, 2.24) is 0 Å². The lowest BCUT2D eigenvalue weighted by atomic mass is 9.87. The number of anilines is 1. The maximum absolute atomic E-state index is 13.1. The van der Waals surface area contributed by atoms with Crippen molar-refractivity contribution >= 4 is 29.1 Å². The van der Waals surface area contributed by atoms with E-state index in [1.54, 1.807) is 19.1 Å². The minimum absolute atomic E-state index is 0.0395. The topological polar surface area (TPSA) is 110 Å². The Morgan fingerprint density at radius 3 is 2.20 bits per heavy atom. The quantitative estimate of drug-likeness (QED) is 0.333. The lowest BCUT2D eigenvalue weighted by Gasteiger charge is -2.33. The molecule has 0 aliphatic carbocycles. The average Bonchev–Trinajstić information content (AvgIpc) is 2.95. The average molecular weight is 411 g/mol. The van der Waals surface area contributed by atoms with E-state index < -0.39 is 35.1 Å². The summed E-state index contributed by atoms with van der Waals surface area (Å²) >= 11 is 0. The first kappa shape index (κ1) is 21.2. The summed E-state index contributed by atoms with van der Waals surface area (Å²) in [5.41, 5.74) is -1.82. The van der Waals surface area contributed by atoms with Crippen molar-refractivity contribution in [3.05, 3.63) is 59.7 Å². The van der Waals surface area contributed by atoms with Gasteiger partial charge in [-0.05, 0) is 50.2 Å². The van der Waals surface area contributed by atoms with E-state index in [4.69, 9.17) is 4.74 Å². The smallest absolute Gasteiger partial charge is 0.361 e. The lowest BCUT2D eigenvalue weighted by molar-refractivity contribution is -0.165. The first-order valence-corrected chi connectivity index (χ1v) is 9.28. The van der Waals surface area contributed by atoms with Gasteiger partial charge in [-0.2, -0.15) is 0 Å². The van der Waals surface area contributed by atoms with E-state index >= 15 is 0 Å². The summed E-state index contributed by atoms with van der Waals surface area (Å²) in [7, 11) is 0.999. The van der Waals surface area contributed by atoms with E-state index in [0.717, 1.165) is 12.7 Å². The zero-order valence-corrected chi connectivity index (χ0v) is 16.7. The normalized spacial score (nSPS) is 20.9. The maximum Gasteiger partial charge on any atom is 0.361 e. The van der Waals surface area contributed by atoms with Gasteiger partial charge in [-0.1, -0.05) is 17.7 Å². The van der Waals surface area contributed by atoms with E-state index in [2.05, 4.69) is 4.74 Å². The van der Waals surface area contributed by atoms with Crippen molar-refractivity contribution in [2.45, 2.75) is 19.6 Å². The highest BCUT2D eigenvalue weighted by Gasteiger charge is 2.66. The molecule has 2 aromatic carbocycles. The number of ketones is 2. The van der Waals surface area contributed by atoms with Crippen LogP contribution >= 0.6 is 0 Å². The Kier molecular flexibility index (Phi) is 5.71. The molecule has 0 spiro atoms. The number of aryl methyl sites for hydroxylation is 1. The minimum atomic E-state index is -2.81. The second-order valence-electron chi connectivity index (χ2n) is 6.81. The molecular formula is C22H21NO7. The molecule has 30 heavy (non-hydrogen) atoms. The van der Waals surface area contributed by atoms with Gasteiger partial charge < -0.3 is 14.6 Å². The predicted molar refractivity (Wildman–Crippen MR) is 106 cm³/mol. The summed E-state index contributed by atoms with van der Waals surface area (Å²) in [6.07, 6.45) is 0. The lowest BCUT2D eigenvalue weighted by Crippen LogP contribution is -2.58. The van der Waals surface area contributed by atoms with Gasteiger partial charge in [0.25, 0.3) is 11.6 Å². The van der Waals surface area contributed by atoms with Gasteiger partial charge in [0, 0.05) is 11.3 Å². The van der Waals surface area contributed by atoms with Crippen LogP contribution in [0.1, 0.15) is 22.8 Å². The van der Waals surface area contributed by atoms with E-state index in [-0.39, 0.29) is 11.3 Å². The summed E-state index contributed by atoms with van der Waals surface area (Å²) in [6, 6.07) is 12.1. The first-order valence-electron chi connectivity index (χ1n) is 9.28. The molecular weight excluding hydrogens is 390 g/mol. The molecule has 8 heteroatoms. The van der Waals surface area contributed by atoms with Crippen LogP contribution in [0.4, 0.5) is 5.69 Å². The maximum atomic E-state index is 13.1. The van der Waals surface area contributed by atoms with Crippen LogP contribution in [0.25, 0.3) is 0 Å². The van der Waals surface area contributed by atoms with Crippen LogP contribution in [0, 0.1) is 12.8 Å². The predicted octanol–water partition coefficient (Wildman–Crippen LogP) is 1.67. The molecule has 1 N–H and O–H groups in total. The molecule has 1 aliphatic heterocycles. The fourth-order valence-electron chi connectivity index (χ4n) is 3.42. The van der Waals surface area contributed by atoms with Gasteiger partial charge in [0.05, 0.1) is 13.7 Å². The molecule has 1 aliphatic rings. The Bertz CT molecular complexity index is 997. The fraction of sp³-hybridized carbons (Fsp3) is 0.273. The molecule has 2 aromatic rings. The molecule has 0 saturated carbocycles. The van der Waals surface area contributed by atoms with E-state index in [1.165, 1.54) is 36.4 Å². The van der Waals surface area contributed by atoms with Gasteiger partial charge in [-0.15, -0.1) is 0 Å². The number of hydrogen-bond acceptors (Lipinski definition) is 7. The van der Waals surface area contributed by atoms with E-state index in [0.29, 0.717) is 17.3 Å². The number of esters is 1. The largest absolute Gasteiger partial charge is 0.494 e. The molecule has 0 aromatic heterocycles. The Hall–Kier alpha value is -3.52. The number of methoxy groups -OCH3 is 1. The number of benzene rings is 2. The van der Waals surface area contributed by atoms with Crippen LogP contribution < -0.4 is 9.64 Å². The van der Waals surface area contributed by atoms with E-state index in [9.17, 15) is 24.3 Å². The molecule has 0 radical (unpaired) electrons. The number of aliphatic hydroxyl groups is 1. The SMILES string of the molecule is CCOc1ccc(C(=O)C2C(=O)C(=O)N(c3ccc(C)cc3)C2(O)C(=O)OC)cc1. The van der Waals surface area contributed by atoms with Crippen LogP contribution in [0.15, 0.2) is 48.5 Å². The molecule has 1 fully saturated rings. The Morgan fingerprint density at radius 1 is 1.07 bits per heavy atom. The molecule has 2 atom stereocenters.